The molecule has 1 amide bonds. The summed E-state index contributed by atoms with van der Waals surface area (Å²) < 4.78 is 35.8. The second-order valence-electron chi connectivity index (χ2n) is 3.62. The van der Waals surface area contributed by atoms with Crippen molar-refractivity contribution < 1.29 is 23.1 Å². The van der Waals surface area contributed by atoms with Crippen LogP contribution in [0.1, 0.15) is 5.69 Å². The van der Waals surface area contributed by atoms with Gasteiger partial charge in [-0.05, 0) is 12.1 Å². The van der Waals surface area contributed by atoms with Crippen molar-refractivity contribution >= 4 is 24.0 Å². The van der Waals surface area contributed by atoms with Gasteiger partial charge in [-0.25, -0.2) is 0 Å². The van der Waals surface area contributed by atoms with Crippen molar-refractivity contribution in [3.05, 3.63) is 24.0 Å². The summed E-state index contributed by atoms with van der Waals surface area (Å²) in [6, 6.07) is 3.02. The van der Waals surface area contributed by atoms with Gasteiger partial charge >= 0.3 is 6.18 Å². The lowest BCUT2D eigenvalue weighted by Crippen LogP contribution is -2.41. The molecular formula is C10H13ClF3N3O2. The van der Waals surface area contributed by atoms with E-state index in [1.165, 1.54) is 18.3 Å². The minimum Gasteiger partial charge on any atom is -0.397 e. The summed E-state index contributed by atoms with van der Waals surface area (Å²) in [6.45, 7) is -0.878. The molecule has 1 heterocycles. The van der Waals surface area contributed by atoms with Crippen LogP contribution in [-0.2, 0) is 11.2 Å². The lowest BCUT2D eigenvalue weighted by molar-refractivity contribution is -0.201. The second-order valence-corrected chi connectivity index (χ2v) is 3.62. The Morgan fingerprint density at radius 3 is 2.58 bits per heavy atom. The topological polar surface area (TPSA) is 88.2 Å². The van der Waals surface area contributed by atoms with E-state index in [0.29, 0.717) is 11.4 Å². The smallest absolute Gasteiger partial charge is 0.397 e. The maximum atomic E-state index is 11.9. The van der Waals surface area contributed by atoms with Crippen molar-refractivity contribution in [2.24, 2.45) is 0 Å². The van der Waals surface area contributed by atoms with Gasteiger partial charge in [0.25, 0.3) is 0 Å². The number of aliphatic hydroxyl groups excluding tert-OH is 1. The maximum absolute atomic E-state index is 11.9. The Balaban J connectivity index is 0.00000324. The van der Waals surface area contributed by atoms with E-state index in [2.05, 4.69) is 4.98 Å². The number of amides is 1. The monoisotopic (exact) mass is 299 g/mol. The molecule has 0 aliphatic carbocycles. The summed E-state index contributed by atoms with van der Waals surface area (Å²) >= 11 is 0. The van der Waals surface area contributed by atoms with Crippen LogP contribution in [0.2, 0.25) is 0 Å². The molecule has 0 aliphatic heterocycles. The molecule has 1 aromatic heterocycles. The number of nitrogens with two attached hydrogens (primary N) is 1. The van der Waals surface area contributed by atoms with Crippen molar-refractivity contribution in [2.75, 3.05) is 12.3 Å². The Bertz CT molecular complexity index is 411. The van der Waals surface area contributed by atoms with E-state index in [9.17, 15) is 18.0 Å². The lowest BCUT2D eigenvalue weighted by Gasteiger charge is -2.14. The fourth-order valence-electron chi connectivity index (χ4n) is 1.09. The summed E-state index contributed by atoms with van der Waals surface area (Å²) in [7, 11) is 0. The molecule has 0 fully saturated rings. The SMILES string of the molecule is Cl.Nc1ccc(CC(=O)NCC(O)C(F)(F)F)nc1. The quantitative estimate of drug-likeness (QED) is 0.762. The normalized spacial score (nSPS) is 12.4. The molecule has 1 atom stereocenters. The zero-order chi connectivity index (χ0) is 13.8. The third-order valence-corrected chi connectivity index (χ3v) is 2.06. The van der Waals surface area contributed by atoms with Crippen molar-refractivity contribution in [3.8, 4) is 0 Å². The van der Waals surface area contributed by atoms with E-state index >= 15 is 0 Å². The minimum absolute atomic E-state index is 0. The summed E-state index contributed by atoms with van der Waals surface area (Å²) in [6.07, 6.45) is -6.15. The fraction of sp³-hybridized carbons (Fsp3) is 0.400. The number of carbonyl (C=O) groups is 1. The Labute approximate surface area is 113 Å². The highest BCUT2D eigenvalue weighted by atomic mass is 35.5. The number of aliphatic hydroxyl groups is 1. The average molecular weight is 300 g/mol. The van der Waals surface area contributed by atoms with E-state index in [1.807, 2.05) is 5.32 Å². The Kier molecular flexibility index (Phi) is 6.57. The van der Waals surface area contributed by atoms with Crippen LogP contribution in [0.5, 0.6) is 0 Å². The van der Waals surface area contributed by atoms with Crippen LogP contribution in [0.25, 0.3) is 0 Å². The Morgan fingerprint density at radius 1 is 1.47 bits per heavy atom. The van der Waals surface area contributed by atoms with Crippen LogP contribution in [0.15, 0.2) is 18.3 Å². The number of rotatable bonds is 4. The van der Waals surface area contributed by atoms with E-state index in [-0.39, 0.29) is 18.8 Å². The van der Waals surface area contributed by atoms with Gasteiger partial charge in [0.05, 0.1) is 24.8 Å². The van der Waals surface area contributed by atoms with E-state index in [1.54, 1.807) is 0 Å². The number of hydrogen-bond donors (Lipinski definition) is 3. The molecule has 1 unspecified atom stereocenters. The molecule has 0 aromatic carbocycles. The first kappa shape index (κ1) is 17.5. The zero-order valence-electron chi connectivity index (χ0n) is 9.65. The van der Waals surface area contributed by atoms with Crippen LogP contribution in [0.4, 0.5) is 18.9 Å². The number of nitrogens with one attached hydrogen (secondary N) is 1. The number of nitrogens with zero attached hydrogens (tertiary/aromatic N) is 1. The first-order valence-corrected chi connectivity index (χ1v) is 5.01. The average Bonchev–Trinajstić information content (AvgIpc) is 2.28. The number of pyridine rings is 1. The highest BCUT2D eigenvalue weighted by Crippen LogP contribution is 2.19. The van der Waals surface area contributed by atoms with Gasteiger partial charge in [0.15, 0.2) is 6.10 Å². The highest BCUT2D eigenvalue weighted by molar-refractivity contribution is 5.85. The van der Waals surface area contributed by atoms with E-state index < -0.39 is 24.7 Å². The van der Waals surface area contributed by atoms with Gasteiger partial charge in [-0.15, -0.1) is 12.4 Å². The van der Waals surface area contributed by atoms with E-state index in [0.717, 1.165) is 0 Å². The summed E-state index contributed by atoms with van der Waals surface area (Å²) in [5.41, 5.74) is 6.18. The van der Waals surface area contributed by atoms with Gasteiger partial charge in [-0.1, -0.05) is 0 Å². The Morgan fingerprint density at radius 2 is 2.11 bits per heavy atom. The number of nitrogen functional groups attached to an aromatic ring is 1. The number of anilines is 1. The molecule has 5 nitrogen and oxygen atoms in total. The van der Waals surface area contributed by atoms with Crippen LogP contribution >= 0.6 is 12.4 Å². The number of aromatic nitrogens is 1. The molecule has 19 heavy (non-hydrogen) atoms. The molecule has 1 aromatic rings. The maximum Gasteiger partial charge on any atom is 0.416 e. The molecule has 4 N–H and O–H groups in total. The van der Waals surface area contributed by atoms with Crippen molar-refractivity contribution in [2.45, 2.75) is 18.7 Å². The van der Waals surface area contributed by atoms with Crippen LogP contribution in [0.3, 0.4) is 0 Å². The van der Waals surface area contributed by atoms with Gasteiger partial charge in [0.2, 0.25) is 5.91 Å². The Hall–Kier alpha value is -1.54. The van der Waals surface area contributed by atoms with Crippen molar-refractivity contribution in [1.29, 1.82) is 0 Å². The van der Waals surface area contributed by atoms with Gasteiger partial charge < -0.3 is 16.2 Å². The van der Waals surface area contributed by atoms with Gasteiger partial charge in [0, 0.05) is 5.69 Å². The molecule has 0 bridgehead atoms. The summed E-state index contributed by atoms with van der Waals surface area (Å²) in [5.74, 6) is -0.657. The van der Waals surface area contributed by atoms with E-state index in [4.69, 9.17) is 10.8 Å². The second kappa shape index (κ2) is 7.15. The van der Waals surface area contributed by atoms with Crippen molar-refractivity contribution in [1.82, 2.24) is 10.3 Å². The lowest BCUT2D eigenvalue weighted by atomic mass is 10.2. The van der Waals surface area contributed by atoms with Gasteiger partial charge in [0.1, 0.15) is 0 Å². The third-order valence-electron chi connectivity index (χ3n) is 2.06. The number of carbonyl (C=O) groups excluding carboxylic acids is 1. The molecule has 0 saturated heterocycles. The standard InChI is InChI=1S/C10H12F3N3O2.ClH/c11-10(12,13)8(17)5-16-9(18)3-7-2-1-6(14)4-15-7;/h1-2,4,8,17H,3,5,14H2,(H,16,18);1H. The molecule has 108 valence electrons. The summed E-state index contributed by atoms with van der Waals surface area (Å²) in [5, 5.41) is 10.6. The molecule has 0 aliphatic rings. The first-order chi connectivity index (χ1) is 8.29. The first-order valence-electron chi connectivity index (χ1n) is 5.01. The molecule has 9 heteroatoms. The number of halogens is 4. The zero-order valence-corrected chi connectivity index (χ0v) is 10.5. The van der Waals surface area contributed by atoms with Gasteiger partial charge in [-0.2, -0.15) is 13.2 Å². The molecule has 0 saturated carbocycles. The molecule has 0 radical (unpaired) electrons. The summed E-state index contributed by atoms with van der Waals surface area (Å²) in [4.78, 5) is 15.1. The van der Waals surface area contributed by atoms with Crippen LogP contribution in [-0.4, -0.2) is 34.8 Å². The minimum atomic E-state index is -4.74. The third kappa shape index (κ3) is 6.25. The van der Waals surface area contributed by atoms with Crippen molar-refractivity contribution in [3.63, 3.8) is 0 Å². The van der Waals surface area contributed by atoms with Gasteiger partial charge in [-0.3, -0.25) is 9.78 Å². The predicted octanol–water partition coefficient (Wildman–Crippen LogP) is 0.667. The highest BCUT2D eigenvalue weighted by Gasteiger charge is 2.38. The molecule has 0 spiro atoms. The van der Waals surface area contributed by atoms with Crippen LogP contribution < -0.4 is 11.1 Å². The molecular weight excluding hydrogens is 287 g/mol. The molecule has 1 rings (SSSR count). The number of alkyl halides is 3. The number of hydrogen-bond acceptors (Lipinski definition) is 4. The largest absolute Gasteiger partial charge is 0.416 e. The fourth-order valence-corrected chi connectivity index (χ4v) is 1.09. The van der Waals surface area contributed by atoms with Crippen LogP contribution in [0, 0.1) is 0 Å². The predicted molar refractivity (Wildman–Crippen MR) is 64.7 cm³/mol.